The van der Waals surface area contributed by atoms with Gasteiger partial charge in [-0.1, -0.05) is 0 Å². The fraction of sp³-hybridized carbons (Fsp3) is 0.417. The quantitative estimate of drug-likeness (QED) is 0.253. The molecule has 1 aliphatic heterocycles. The van der Waals surface area contributed by atoms with Crippen LogP contribution in [0.15, 0.2) is 41.4 Å². The highest BCUT2D eigenvalue weighted by Crippen LogP contribution is 2.35. The molecule has 1 saturated heterocycles. The van der Waals surface area contributed by atoms with Crippen molar-refractivity contribution in [3.63, 3.8) is 0 Å². The molecule has 16 heteroatoms. The predicted octanol–water partition coefficient (Wildman–Crippen LogP) is 0.256. The number of methoxy groups -OCH3 is 1. The summed E-state index contributed by atoms with van der Waals surface area (Å²) in [6.45, 7) is 4.61. The summed E-state index contributed by atoms with van der Waals surface area (Å²) in [7, 11) is -3.66. The number of ether oxygens (including phenoxy) is 5. The van der Waals surface area contributed by atoms with Crippen LogP contribution >= 0.6 is 0 Å². The maximum atomic E-state index is 14.1. The van der Waals surface area contributed by atoms with Gasteiger partial charge >= 0.3 is 23.9 Å². The zero-order valence-electron chi connectivity index (χ0n) is 22.2. The van der Waals surface area contributed by atoms with Crippen LogP contribution in [0.1, 0.15) is 26.5 Å². The van der Waals surface area contributed by atoms with Gasteiger partial charge in [0.15, 0.2) is 30.6 Å². The number of nitrogens with two attached hydrogens (primary N) is 1. The number of hydrogen-bond acceptors (Lipinski definition) is 14. The standard InChI is InChI=1S/C24H28N4O11S/c1-12-10-11-26-24(27-12)28(40(33,34)17-8-6-16(25)7-9-17)22-20(38-15(4)31)18(36-13(2)29)19(37-14(3)30)21(39-22)23(32)35-5/h6-11,18-22H,25H2,1-5H3/t18-,19-,20+,21-,22+/m0/s1. The summed E-state index contributed by atoms with van der Waals surface area (Å²) in [5.41, 5.74) is 6.35. The second-order valence-corrected chi connectivity index (χ2v) is 10.4. The third-order valence-electron chi connectivity index (χ3n) is 5.50. The van der Waals surface area contributed by atoms with Crippen molar-refractivity contribution in [2.45, 2.75) is 63.2 Å². The second-order valence-electron chi connectivity index (χ2n) is 8.56. The highest BCUT2D eigenvalue weighted by molar-refractivity contribution is 7.92. The molecule has 1 aliphatic rings. The minimum Gasteiger partial charge on any atom is -0.467 e. The first-order valence-corrected chi connectivity index (χ1v) is 13.1. The van der Waals surface area contributed by atoms with Crippen LogP contribution in [0.25, 0.3) is 0 Å². The van der Waals surface area contributed by atoms with Crippen LogP contribution in [-0.2, 0) is 52.9 Å². The molecule has 2 N–H and O–H groups in total. The van der Waals surface area contributed by atoms with Gasteiger partial charge in [-0.3, -0.25) is 14.4 Å². The highest BCUT2D eigenvalue weighted by atomic mass is 32.2. The largest absolute Gasteiger partial charge is 0.467 e. The van der Waals surface area contributed by atoms with Gasteiger partial charge in [-0.25, -0.2) is 27.5 Å². The number of anilines is 2. The molecule has 1 fully saturated rings. The van der Waals surface area contributed by atoms with E-state index < -0.39 is 70.5 Å². The van der Waals surface area contributed by atoms with Crippen molar-refractivity contribution in [2.24, 2.45) is 0 Å². The van der Waals surface area contributed by atoms with E-state index in [0.717, 1.165) is 27.9 Å². The minimum absolute atomic E-state index is 0.272. The molecule has 0 amide bonds. The summed E-state index contributed by atoms with van der Waals surface area (Å²) in [4.78, 5) is 57.1. The molecule has 1 aromatic carbocycles. The Bertz CT molecular complexity index is 1380. The Labute approximate surface area is 229 Å². The molecule has 1 aromatic heterocycles. The molecule has 2 aromatic rings. The molecule has 0 bridgehead atoms. The molecule has 0 spiro atoms. The monoisotopic (exact) mass is 580 g/mol. The van der Waals surface area contributed by atoms with Crippen molar-refractivity contribution < 1.29 is 51.3 Å². The SMILES string of the molecule is COC(=O)[C@H]1O[C@@H](N(c2nccc(C)n2)S(=O)(=O)c2ccc(N)cc2)[C@H](OC(C)=O)[C@@H](OC(C)=O)[C@@H]1OC(C)=O. The van der Waals surface area contributed by atoms with E-state index in [1.54, 1.807) is 6.92 Å². The van der Waals surface area contributed by atoms with Crippen molar-refractivity contribution >= 4 is 45.5 Å². The lowest BCUT2D eigenvalue weighted by molar-refractivity contribution is -0.246. The molecular formula is C24H28N4O11S. The summed E-state index contributed by atoms with van der Waals surface area (Å²) >= 11 is 0. The number of carbonyl (C=O) groups is 4. The number of benzene rings is 1. The third-order valence-corrected chi connectivity index (χ3v) is 7.26. The zero-order valence-corrected chi connectivity index (χ0v) is 23.0. The summed E-state index contributed by atoms with van der Waals surface area (Å²) < 4.78 is 55.5. The number of hydrogen-bond donors (Lipinski definition) is 1. The van der Waals surface area contributed by atoms with Crippen LogP contribution in [0.5, 0.6) is 0 Å². The number of aryl methyl sites for hydroxylation is 1. The lowest BCUT2D eigenvalue weighted by Crippen LogP contribution is -2.68. The van der Waals surface area contributed by atoms with Gasteiger partial charge in [0.2, 0.25) is 5.95 Å². The Balaban J connectivity index is 2.33. The molecule has 0 aliphatic carbocycles. The Morgan fingerprint density at radius 2 is 1.45 bits per heavy atom. The Hall–Kier alpha value is -4.31. The van der Waals surface area contributed by atoms with E-state index in [9.17, 15) is 27.6 Å². The molecule has 0 radical (unpaired) electrons. The van der Waals surface area contributed by atoms with E-state index in [0.29, 0.717) is 10.00 Å². The minimum atomic E-state index is -4.67. The topological polar surface area (TPSA) is 204 Å². The summed E-state index contributed by atoms with van der Waals surface area (Å²) in [5, 5.41) is 0. The molecule has 0 saturated carbocycles. The average molecular weight is 581 g/mol. The Morgan fingerprint density at radius 3 is 1.98 bits per heavy atom. The molecule has 216 valence electrons. The zero-order chi connectivity index (χ0) is 29.8. The first kappa shape index (κ1) is 30.2. The smallest absolute Gasteiger partial charge is 0.339 e. The molecule has 3 rings (SSSR count). The molecule has 0 unspecified atom stereocenters. The van der Waals surface area contributed by atoms with E-state index >= 15 is 0 Å². The van der Waals surface area contributed by atoms with Gasteiger partial charge < -0.3 is 29.4 Å². The fourth-order valence-electron chi connectivity index (χ4n) is 3.94. The Kier molecular flexibility index (Phi) is 9.26. The predicted molar refractivity (Wildman–Crippen MR) is 135 cm³/mol. The fourth-order valence-corrected chi connectivity index (χ4v) is 5.39. The van der Waals surface area contributed by atoms with Gasteiger partial charge in [0, 0.05) is 38.3 Å². The van der Waals surface area contributed by atoms with Crippen molar-refractivity contribution in [1.82, 2.24) is 9.97 Å². The van der Waals surface area contributed by atoms with Crippen molar-refractivity contribution in [2.75, 3.05) is 17.1 Å². The number of nitrogen functional groups attached to an aromatic ring is 1. The Morgan fingerprint density at radius 1 is 0.900 bits per heavy atom. The molecule has 5 atom stereocenters. The van der Waals surface area contributed by atoms with Crippen molar-refractivity contribution in [3.05, 3.63) is 42.2 Å². The van der Waals surface area contributed by atoms with E-state index in [4.69, 9.17) is 29.4 Å². The number of carbonyl (C=O) groups excluding carboxylic acids is 4. The number of sulfonamides is 1. The maximum Gasteiger partial charge on any atom is 0.339 e. The second kappa shape index (κ2) is 12.3. The van der Waals surface area contributed by atoms with Crippen LogP contribution in [0.2, 0.25) is 0 Å². The van der Waals surface area contributed by atoms with E-state index in [-0.39, 0.29) is 10.6 Å². The van der Waals surface area contributed by atoms with Gasteiger partial charge in [-0.15, -0.1) is 0 Å². The lowest BCUT2D eigenvalue weighted by Gasteiger charge is -2.46. The van der Waals surface area contributed by atoms with Gasteiger partial charge in [-0.05, 0) is 37.3 Å². The van der Waals surface area contributed by atoms with Crippen molar-refractivity contribution in [1.29, 1.82) is 0 Å². The van der Waals surface area contributed by atoms with Crippen LogP contribution in [0.4, 0.5) is 11.6 Å². The van der Waals surface area contributed by atoms with Gasteiger partial charge in [0.25, 0.3) is 10.0 Å². The van der Waals surface area contributed by atoms with Gasteiger partial charge in [-0.2, -0.15) is 0 Å². The van der Waals surface area contributed by atoms with Crippen LogP contribution in [0, 0.1) is 6.92 Å². The first-order valence-electron chi connectivity index (χ1n) is 11.7. The highest BCUT2D eigenvalue weighted by Gasteiger charge is 2.58. The number of aromatic nitrogens is 2. The average Bonchev–Trinajstić information content (AvgIpc) is 2.86. The number of rotatable bonds is 8. The van der Waals surface area contributed by atoms with Gasteiger partial charge in [0.05, 0.1) is 12.0 Å². The summed E-state index contributed by atoms with van der Waals surface area (Å²) in [6.07, 6.45) is -7.73. The third kappa shape index (κ3) is 6.63. The molecule has 40 heavy (non-hydrogen) atoms. The number of esters is 4. The van der Waals surface area contributed by atoms with Gasteiger partial charge in [0.1, 0.15) is 0 Å². The van der Waals surface area contributed by atoms with Crippen LogP contribution in [-0.4, -0.2) is 80.0 Å². The van der Waals surface area contributed by atoms with Crippen LogP contribution in [0.3, 0.4) is 0 Å². The van der Waals surface area contributed by atoms with Crippen molar-refractivity contribution in [3.8, 4) is 0 Å². The van der Waals surface area contributed by atoms with Crippen LogP contribution < -0.4 is 10.0 Å². The lowest BCUT2D eigenvalue weighted by atomic mass is 9.96. The molecular weight excluding hydrogens is 552 g/mol. The summed E-state index contributed by atoms with van der Waals surface area (Å²) in [6, 6.07) is 6.59. The van der Waals surface area contributed by atoms with E-state index in [2.05, 4.69) is 9.97 Å². The molecule has 2 heterocycles. The summed E-state index contributed by atoms with van der Waals surface area (Å²) in [5.74, 6) is -4.32. The maximum absolute atomic E-state index is 14.1. The number of nitrogens with zero attached hydrogens (tertiary/aromatic N) is 3. The van der Waals surface area contributed by atoms with E-state index in [1.165, 1.54) is 36.5 Å². The van der Waals surface area contributed by atoms with E-state index in [1.807, 2.05) is 0 Å². The molecule has 15 nitrogen and oxygen atoms in total. The first-order chi connectivity index (χ1) is 18.8. The normalized spacial score (nSPS) is 22.5.